The maximum Gasteiger partial charge on any atom is 0.184 e. The van der Waals surface area contributed by atoms with Crippen LogP contribution in [0.15, 0.2) is 18.2 Å². The maximum absolute atomic E-state index is 8.81. The first-order chi connectivity index (χ1) is 7.21. The Hall–Kier alpha value is -1.71. The summed E-state index contributed by atoms with van der Waals surface area (Å²) in [6.07, 6.45) is 0.0176. The fourth-order valence-corrected chi connectivity index (χ4v) is 1.20. The van der Waals surface area contributed by atoms with E-state index >= 15 is 0 Å². The molecule has 4 heteroatoms. The van der Waals surface area contributed by atoms with E-state index in [1.807, 2.05) is 19.1 Å². The normalized spacial score (nSPS) is 11.2. The number of nitrogens with zero attached hydrogens (tertiary/aromatic N) is 2. The molecule has 1 rings (SSSR count). The summed E-state index contributed by atoms with van der Waals surface area (Å²) in [7, 11) is 0. The molecule has 1 aromatic carbocycles. The molecule has 0 N–H and O–H groups in total. The van der Waals surface area contributed by atoms with Gasteiger partial charge in [0.1, 0.15) is 17.9 Å². The molecule has 3 nitrogen and oxygen atoms in total. The highest BCUT2D eigenvalue weighted by Crippen LogP contribution is 2.24. The summed E-state index contributed by atoms with van der Waals surface area (Å²) >= 11 is 5.77. The lowest BCUT2D eigenvalue weighted by Gasteiger charge is -2.11. The van der Waals surface area contributed by atoms with E-state index in [4.69, 9.17) is 26.9 Å². The molecule has 0 amide bonds. The third-order valence-electron chi connectivity index (χ3n) is 1.85. The van der Waals surface area contributed by atoms with Gasteiger partial charge in [-0.1, -0.05) is 18.5 Å². The standard InChI is InChI=1S/C11H9ClN2O/c1-2-10(7-14)15-11-5-9(12)4-3-8(11)6-13/h3-5,10H,2H2,1H3. The van der Waals surface area contributed by atoms with E-state index in [0.29, 0.717) is 22.8 Å². The zero-order valence-corrected chi connectivity index (χ0v) is 8.95. The van der Waals surface area contributed by atoms with Gasteiger partial charge < -0.3 is 4.74 Å². The molecule has 0 heterocycles. The molecule has 15 heavy (non-hydrogen) atoms. The van der Waals surface area contributed by atoms with Crippen molar-refractivity contribution in [3.63, 3.8) is 0 Å². The van der Waals surface area contributed by atoms with Crippen LogP contribution in [0.1, 0.15) is 18.9 Å². The van der Waals surface area contributed by atoms with E-state index < -0.39 is 6.10 Å². The van der Waals surface area contributed by atoms with Crippen LogP contribution in [0.3, 0.4) is 0 Å². The van der Waals surface area contributed by atoms with Crippen LogP contribution in [-0.4, -0.2) is 6.10 Å². The minimum atomic E-state index is -0.546. The van der Waals surface area contributed by atoms with Gasteiger partial charge in [-0.3, -0.25) is 0 Å². The van der Waals surface area contributed by atoms with Gasteiger partial charge in [-0.05, 0) is 18.6 Å². The van der Waals surface area contributed by atoms with Crippen LogP contribution in [0.25, 0.3) is 0 Å². The van der Waals surface area contributed by atoms with Crippen molar-refractivity contribution in [2.75, 3.05) is 0 Å². The van der Waals surface area contributed by atoms with Crippen molar-refractivity contribution in [3.05, 3.63) is 28.8 Å². The van der Waals surface area contributed by atoms with Crippen LogP contribution < -0.4 is 4.74 Å². The molecule has 76 valence electrons. The Balaban J connectivity index is 2.99. The van der Waals surface area contributed by atoms with Crippen molar-refractivity contribution in [2.24, 2.45) is 0 Å². The van der Waals surface area contributed by atoms with Crippen LogP contribution in [0.2, 0.25) is 5.02 Å². The van der Waals surface area contributed by atoms with Gasteiger partial charge in [0, 0.05) is 11.1 Å². The molecule has 0 aromatic heterocycles. The Morgan fingerprint density at radius 3 is 2.73 bits per heavy atom. The molecule has 0 radical (unpaired) electrons. The first kappa shape index (κ1) is 11.4. The summed E-state index contributed by atoms with van der Waals surface area (Å²) in [5, 5.41) is 18.0. The summed E-state index contributed by atoms with van der Waals surface area (Å²) in [6.45, 7) is 1.84. The van der Waals surface area contributed by atoms with E-state index in [2.05, 4.69) is 0 Å². The Labute approximate surface area is 93.5 Å². The van der Waals surface area contributed by atoms with E-state index in [0.717, 1.165) is 0 Å². The number of hydrogen-bond donors (Lipinski definition) is 0. The van der Waals surface area contributed by atoms with Gasteiger partial charge in [-0.2, -0.15) is 10.5 Å². The molecule has 0 spiro atoms. The topological polar surface area (TPSA) is 56.8 Å². The fourth-order valence-electron chi connectivity index (χ4n) is 1.04. The van der Waals surface area contributed by atoms with Gasteiger partial charge in [0.2, 0.25) is 0 Å². The molecule has 0 aliphatic heterocycles. The number of rotatable bonds is 3. The van der Waals surface area contributed by atoms with Crippen LogP contribution in [0, 0.1) is 22.7 Å². The van der Waals surface area contributed by atoms with Crippen LogP contribution in [0.4, 0.5) is 0 Å². The number of nitriles is 2. The third-order valence-corrected chi connectivity index (χ3v) is 2.08. The van der Waals surface area contributed by atoms with Crippen LogP contribution in [-0.2, 0) is 0 Å². The molecule has 1 unspecified atom stereocenters. The van der Waals surface area contributed by atoms with Gasteiger partial charge in [-0.25, -0.2) is 0 Å². The predicted molar refractivity (Wildman–Crippen MR) is 56.5 cm³/mol. The van der Waals surface area contributed by atoms with Crippen molar-refractivity contribution in [1.82, 2.24) is 0 Å². The first-order valence-electron chi connectivity index (χ1n) is 4.47. The molecule has 0 fully saturated rings. The summed E-state index contributed by atoms with van der Waals surface area (Å²) in [6, 6.07) is 8.70. The maximum atomic E-state index is 8.81. The van der Waals surface area contributed by atoms with Crippen molar-refractivity contribution >= 4 is 11.6 Å². The molecular weight excluding hydrogens is 212 g/mol. The summed E-state index contributed by atoms with van der Waals surface area (Å²) in [5.41, 5.74) is 0.383. The summed E-state index contributed by atoms with van der Waals surface area (Å²) < 4.78 is 5.35. The number of ether oxygens (including phenoxy) is 1. The second-order valence-corrected chi connectivity index (χ2v) is 3.33. The van der Waals surface area contributed by atoms with E-state index in [9.17, 15) is 0 Å². The Morgan fingerprint density at radius 2 is 2.20 bits per heavy atom. The average molecular weight is 221 g/mol. The minimum Gasteiger partial charge on any atom is -0.474 e. The molecule has 0 aliphatic rings. The SMILES string of the molecule is CCC(C#N)Oc1cc(Cl)ccc1C#N. The Morgan fingerprint density at radius 1 is 1.47 bits per heavy atom. The third kappa shape index (κ3) is 2.87. The lowest BCUT2D eigenvalue weighted by Crippen LogP contribution is -2.12. The zero-order chi connectivity index (χ0) is 11.3. The smallest absolute Gasteiger partial charge is 0.184 e. The van der Waals surface area contributed by atoms with Gasteiger partial charge in [-0.15, -0.1) is 0 Å². The summed E-state index contributed by atoms with van der Waals surface area (Å²) in [4.78, 5) is 0. The average Bonchev–Trinajstić information content (AvgIpc) is 2.26. The highest BCUT2D eigenvalue weighted by molar-refractivity contribution is 6.30. The largest absolute Gasteiger partial charge is 0.474 e. The monoisotopic (exact) mass is 220 g/mol. The first-order valence-corrected chi connectivity index (χ1v) is 4.85. The lowest BCUT2D eigenvalue weighted by atomic mass is 10.2. The van der Waals surface area contributed by atoms with E-state index in [-0.39, 0.29) is 0 Å². The molecule has 0 saturated heterocycles. The van der Waals surface area contributed by atoms with Crippen molar-refractivity contribution in [1.29, 1.82) is 10.5 Å². The lowest BCUT2D eigenvalue weighted by molar-refractivity contribution is 0.251. The molecule has 1 atom stereocenters. The number of benzene rings is 1. The van der Waals surface area contributed by atoms with Crippen LogP contribution in [0.5, 0.6) is 5.75 Å². The molecule has 0 bridgehead atoms. The van der Waals surface area contributed by atoms with Crippen LogP contribution >= 0.6 is 11.6 Å². The van der Waals surface area contributed by atoms with Crippen molar-refractivity contribution in [2.45, 2.75) is 19.4 Å². The van der Waals surface area contributed by atoms with Gasteiger partial charge in [0.15, 0.2) is 6.10 Å². The van der Waals surface area contributed by atoms with Crippen molar-refractivity contribution in [3.8, 4) is 17.9 Å². The molecular formula is C11H9ClN2O. The highest BCUT2D eigenvalue weighted by Gasteiger charge is 2.10. The highest BCUT2D eigenvalue weighted by atomic mass is 35.5. The quantitative estimate of drug-likeness (QED) is 0.787. The second-order valence-electron chi connectivity index (χ2n) is 2.90. The molecule has 0 saturated carbocycles. The Kier molecular flexibility index (Phi) is 3.97. The van der Waals surface area contributed by atoms with Gasteiger partial charge in [0.05, 0.1) is 5.56 Å². The second kappa shape index (κ2) is 5.24. The summed E-state index contributed by atoms with van der Waals surface area (Å²) in [5.74, 6) is 0.360. The number of hydrogen-bond acceptors (Lipinski definition) is 3. The minimum absolute atomic E-state index is 0.360. The molecule has 1 aromatic rings. The van der Waals surface area contributed by atoms with E-state index in [1.165, 1.54) is 0 Å². The fraction of sp³-hybridized carbons (Fsp3) is 0.273. The van der Waals surface area contributed by atoms with E-state index in [1.54, 1.807) is 18.2 Å². The Bertz CT molecular complexity index is 431. The zero-order valence-electron chi connectivity index (χ0n) is 8.20. The van der Waals surface area contributed by atoms with Gasteiger partial charge >= 0.3 is 0 Å². The van der Waals surface area contributed by atoms with Gasteiger partial charge in [0.25, 0.3) is 0 Å². The number of halogens is 1. The molecule has 0 aliphatic carbocycles. The van der Waals surface area contributed by atoms with Crippen molar-refractivity contribution < 1.29 is 4.74 Å². The predicted octanol–water partition coefficient (Wildman–Crippen LogP) is 2.89.